The fourth-order valence-electron chi connectivity index (χ4n) is 3.67. The van der Waals surface area contributed by atoms with Crippen LogP contribution >= 0.6 is 12.6 Å². The van der Waals surface area contributed by atoms with E-state index < -0.39 is 34.0 Å². The van der Waals surface area contributed by atoms with Gasteiger partial charge < -0.3 is 10.1 Å². The van der Waals surface area contributed by atoms with Crippen LogP contribution in [0.5, 0.6) is 5.75 Å². The maximum atomic E-state index is 12.9. The topological polar surface area (TPSA) is 75.7 Å². The van der Waals surface area contributed by atoms with Gasteiger partial charge in [-0.1, -0.05) is 30.3 Å². The first-order valence-electron chi connectivity index (χ1n) is 9.87. The first-order valence-corrected chi connectivity index (χ1v) is 12.1. The number of piperidine rings is 1. The fraction of sp³-hybridized carbons (Fsp3) is 0.381. The normalized spacial score (nSPS) is 20.0. The summed E-state index contributed by atoms with van der Waals surface area (Å²) in [5, 5.41) is 2.67. The summed E-state index contributed by atoms with van der Waals surface area (Å²) in [6, 6.07) is 14.2. The van der Waals surface area contributed by atoms with E-state index in [2.05, 4.69) is 22.7 Å². The highest BCUT2D eigenvalue weighted by atomic mass is 32.2. The number of nitrogens with one attached hydrogen (secondary N) is 1. The van der Waals surface area contributed by atoms with Crippen LogP contribution in [0.3, 0.4) is 0 Å². The van der Waals surface area contributed by atoms with Crippen molar-refractivity contribution in [3.63, 3.8) is 0 Å². The highest BCUT2D eigenvalue weighted by Gasteiger charge is 2.37. The van der Waals surface area contributed by atoms with Gasteiger partial charge in [0.1, 0.15) is 5.75 Å². The molecule has 1 aliphatic rings. The molecule has 32 heavy (non-hydrogen) atoms. The van der Waals surface area contributed by atoms with Gasteiger partial charge in [0.2, 0.25) is 15.9 Å². The molecule has 174 valence electrons. The minimum absolute atomic E-state index is 0.0283. The van der Waals surface area contributed by atoms with Crippen molar-refractivity contribution in [3.05, 3.63) is 60.2 Å². The molecule has 0 bridgehead atoms. The second kappa shape index (κ2) is 10.1. The fourth-order valence-corrected chi connectivity index (χ4v) is 5.67. The lowest BCUT2D eigenvalue weighted by molar-refractivity contribution is -0.274. The predicted octanol–water partition coefficient (Wildman–Crippen LogP) is 3.89. The highest BCUT2D eigenvalue weighted by molar-refractivity contribution is 7.90. The molecule has 3 rings (SSSR count). The van der Waals surface area contributed by atoms with Gasteiger partial charge in [0.05, 0.1) is 11.7 Å². The molecule has 1 N–H and O–H groups in total. The molecule has 1 fully saturated rings. The minimum atomic E-state index is -4.80. The molecule has 2 aromatic rings. The number of benzene rings is 2. The van der Waals surface area contributed by atoms with E-state index in [1.165, 1.54) is 16.4 Å². The molecule has 1 amide bonds. The molecule has 1 aliphatic heterocycles. The van der Waals surface area contributed by atoms with Crippen LogP contribution in [-0.2, 0) is 14.8 Å². The number of sulfonamides is 1. The van der Waals surface area contributed by atoms with Crippen LogP contribution in [0.4, 0.5) is 18.9 Å². The summed E-state index contributed by atoms with van der Waals surface area (Å²) in [5.74, 6) is -1.57. The van der Waals surface area contributed by atoms with E-state index in [1.54, 1.807) is 0 Å². The summed E-state index contributed by atoms with van der Waals surface area (Å²) < 4.78 is 67.4. The number of carbonyl (C=O) groups is 1. The Hall–Kier alpha value is -2.24. The molecule has 1 heterocycles. The zero-order chi connectivity index (χ0) is 23.4. The lowest BCUT2D eigenvalue weighted by Crippen LogP contribution is -2.47. The molecular weight excluding hydrogens is 465 g/mol. The van der Waals surface area contributed by atoms with E-state index in [9.17, 15) is 26.4 Å². The summed E-state index contributed by atoms with van der Waals surface area (Å²) in [7, 11) is -3.58. The second-order valence-corrected chi connectivity index (χ2v) is 9.99. The Bertz CT molecular complexity index is 1020. The van der Waals surface area contributed by atoms with Gasteiger partial charge in [-0.25, -0.2) is 12.7 Å². The number of anilines is 1. The van der Waals surface area contributed by atoms with Crippen molar-refractivity contribution in [2.45, 2.75) is 18.7 Å². The molecule has 0 radical (unpaired) electrons. The van der Waals surface area contributed by atoms with Crippen molar-refractivity contribution in [3.8, 4) is 5.75 Å². The molecule has 2 aromatic carbocycles. The second-order valence-electron chi connectivity index (χ2n) is 7.46. The number of ether oxygens (including phenoxy) is 1. The van der Waals surface area contributed by atoms with E-state index in [4.69, 9.17) is 0 Å². The Morgan fingerprint density at radius 3 is 2.34 bits per heavy atom. The smallest absolute Gasteiger partial charge is 0.406 e. The number of rotatable bonds is 7. The summed E-state index contributed by atoms with van der Waals surface area (Å²) >= 11 is 4.02. The van der Waals surface area contributed by atoms with E-state index >= 15 is 0 Å². The molecule has 0 unspecified atom stereocenters. The Labute approximate surface area is 190 Å². The van der Waals surface area contributed by atoms with Gasteiger partial charge in [0, 0.05) is 24.5 Å². The number of alkyl halides is 3. The molecule has 0 saturated carbocycles. The van der Waals surface area contributed by atoms with Gasteiger partial charge in [-0.15, -0.1) is 13.2 Å². The van der Waals surface area contributed by atoms with E-state index in [0.717, 1.165) is 17.7 Å². The van der Waals surface area contributed by atoms with Crippen LogP contribution in [0, 0.1) is 5.92 Å². The van der Waals surface area contributed by atoms with E-state index in [1.807, 2.05) is 30.3 Å². The lowest BCUT2D eigenvalue weighted by Gasteiger charge is -2.36. The van der Waals surface area contributed by atoms with Crippen molar-refractivity contribution in [1.82, 2.24) is 4.31 Å². The Morgan fingerprint density at radius 2 is 1.75 bits per heavy atom. The molecular formula is C21H23F3N2O4S2. The maximum Gasteiger partial charge on any atom is 0.573 e. The number of thiol groups is 1. The number of nitrogens with zero attached hydrogens (tertiary/aromatic N) is 1. The monoisotopic (exact) mass is 488 g/mol. The van der Waals surface area contributed by atoms with E-state index in [0.29, 0.717) is 6.42 Å². The van der Waals surface area contributed by atoms with Crippen molar-refractivity contribution < 1.29 is 31.1 Å². The summed E-state index contributed by atoms with van der Waals surface area (Å²) in [4.78, 5) is 12.9. The molecule has 0 spiro atoms. The first kappa shape index (κ1) is 24.4. The van der Waals surface area contributed by atoms with Gasteiger partial charge in [-0.2, -0.15) is 12.6 Å². The van der Waals surface area contributed by atoms with Gasteiger partial charge in [0.25, 0.3) is 0 Å². The third-order valence-electron chi connectivity index (χ3n) is 5.16. The SMILES string of the molecule is O=C(Nc1ccc(OC(F)(F)F)cc1)[C@@H]1C[C@@H](c2ccccc2)CN(S(=O)(=O)CCS)C1. The third-order valence-corrected chi connectivity index (χ3v) is 7.49. The zero-order valence-corrected chi connectivity index (χ0v) is 18.7. The van der Waals surface area contributed by atoms with Crippen molar-refractivity contribution in [1.29, 1.82) is 0 Å². The van der Waals surface area contributed by atoms with Gasteiger partial charge in [-0.3, -0.25) is 4.79 Å². The highest BCUT2D eigenvalue weighted by Crippen LogP contribution is 2.33. The first-order chi connectivity index (χ1) is 15.1. The van der Waals surface area contributed by atoms with Crippen LogP contribution in [0.2, 0.25) is 0 Å². The average Bonchev–Trinajstić information content (AvgIpc) is 2.74. The van der Waals surface area contributed by atoms with Crippen molar-refractivity contribution in [2.75, 3.05) is 29.9 Å². The van der Waals surface area contributed by atoms with Crippen molar-refractivity contribution >= 4 is 34.2 Å². The standard InChI is InChI=1S/C21H23F3N2O4S2/c22-21(23,24)30-19-8-6-18(7-9-19)25-20(27)17-12-16(15-4-2-1-3-5-15)13-26(14-17)32(28,29)11-10-31/h1-9,16-17,31H,10-14H2,(H,25,27)/t16-,17-/m1/s1. The Balaban J connectivity index is 1.76. The number of halogens is 3. The number of carbonyl (C=O) groups excluding carboxylic acids is 1. The van der Waals surface area contributed by atoms with Gasteiger partial charge in [0.15, 0.2) is 0 Å². The molecule has 1 saturated heterocycles. The summed E-state index contributed by atoms with van der Waals surface area (Å²) in [6.07, 6.45) is -4.36. The van der Waals surface area contributed by atoms with Crippen LogP contribution in [-0.4, -0.2) is 49.6 Å². The third kappa shape index (κ3) is 6.63. The van der Waals surface area contributed by atoms with Crippen LogP contribution in [0.1, 0.15) is 17.9 Å². The summed E-state index contributed by atoms with van der Waals surface area (Å²) in [5.41, 5.74) is 1.22. The average molecular weight is 489 g/mol. The van der Waals surface area contributed by atoms with E-state index in [-0.39, 0.29) is 36.2 Å². The van der Waals surface area contributed by atoms with Crippen LogP contribution in [0.15, 0.2) is 54.6 Å². The molecule has 0 aromatic heterocycles. The molecule has 0 aliphatic carbocycles. The Kier molecular flexibility index (Phi) is 7.73. The lowest BCUT2D eigenvalue weighted by atomic mass is 9.85. The van der Waals surface area contributed by atoms with Crippen LogP contribution in [0.25, 0.3) is 0 Å². The predicted molar refractivity (Wildman–Crippen MR) is 118 cm³/mol. The molecule has 11 heteroatoms. The quantitative estimate of drug-likeness (QED) is 0.580. The molecule has 6 nitrogen and oxygen atoms in total. The number of amides is 1. The Morgan fingerprint density at radius 1 is 1.09 bits per heavy atom. The zero-order valence-electron chi connectivity index (χ0n) is 17.0. The summed E-state index contributed by atoms with van der Waals surface area (Å²) in [6.45, 7) is 0.300. The largest absolute Gasteiger partial charge is 0.573 e. The molecule has 2 atom stereocenters. The minimum Gasteiger partial charge on any atom is -0.406 e. The number of hydrogen-bond acceptors (Lipinski definition) is 5. The maximum absolute atomic E-state index is 12.9. The van der Waals surface area contributed by atoms with Gasteiger partial charge >= 0.3 is 6.36 Å². The van der Waals surface area contributed by atoms with Gasteiger partial charge in [-0.05, 0) is 42.2 Å². The van der Waals surface area contributed by atoms with Crippen molar-refractivity contribution in [2.24, 2.45) is 5.92 Å². The van der Waals surface area contributed by atoms with Crippen LogP contribution < -0.4 is 10.1 Å². The number of hydrogen-bond donors (Lipinski definition) is 2.